The Labute approximate surface area is 150 Å². The predicted octanol–water partition coefficient (Wildman–Crippen LogP) is 2.59. The van der Waals surface area contributed by atoms with Crippen LogP contribution in [0.25, 0.3) is 0 Å². The van der Waals surface area contributed by atoms with Gasteiger partial charge < -0.3 is 15.5 Å². The highest BCUT2D eigenvalue weighted by molar-refractivity contribution is 5.95. The lowest BCUT2D eigenvalue weighted by Crippen LogP contribution is -2.43. The van der Waals surface area contributed by atoms with Gasteiger partial charge in [0.2, 0.25) is 11.8 Å². The van der Waals surface area contributed by atoms with E-state index in [0.717, 1.165) is 30.1 Å². The van der Waals surface area contributed by atoms with E-state index < -0.39 is 0 Å². The summed E-state index contributed by atoms with van der Waals surface area (Å²) in [6.07, 6.45) is 3.36. The van der Waals surface area contributed by atoms with E-state index in [2.05, 4.69) is 10.6 Å². The summed E-state index contributed by atoms with van der Waals surface area (Å²) in [5.74, 6) is 0.586. The molecule has 2 rings (SSSR count). The molecule has 0 unspecified atom stereocenters. The third-order valence-corrected chi connectivity index (χ3v) is 4.01. The molecule has 6 heteroatoms. The van der Waals surface area contributed by atoms with Crippen LogP contribution in [0.15, 0.2) is 24.3 Å². The van der Waals surface area contributed by atoms with Crippen LogP contribution in [0.4, 0.5) is 5.69 Å². The number of nitrogens with one attached hydrogen (secondary N) is 2. The Morgan fingerprint density at radius 1 is 1.25 bits per heavy atom. The van der Waals surface area contributed by atoms with E-state index in [-0.39, 0.29) is 30.8 Å². The van der Waals surface area contributed by atoms with Crippen LogP contribution in [0.1, 0.15) is 31.7 Å². The van der Waals surface area contributed by atoms with Crippen LogP contribution in [0, 0.1) is 12.8 Å². The molecule has 0 aromatic heterocycles. The van der Waals surface area contributed by atoms with Gasteiger partial charge >= 0.3 is 0 Å². The average molecular weight is 354 g/mol. The van der Waals surface area contributed by atoms with Gasteiger partial charge in [0.05, 0.1) is 13.1 Å². The molecule has 0 aliphatic heterocycles. The molecular weight excluding hydrogens is 326 g/mol. The fourth-order valence-electron chi connectivity index (χ4n) is 2.46. The van der Waals surface area contributed by atoms with Gasteiger partial charge in [0.15, 0.2) is 0 Å². The van der Waals surface area contributed by atoms with Crippen LogP contribution in [0.2, 0.25) is 0 Å². The molecule has 1 aromatic rings. The first-order valence-corrected chi connectivity index (χ1v) is 8.44. The summed E-state index contributed by atoms with van der Waals surface area (Å²) in [6.45, 7) is 5.88. The molecule has 0 bridgehead atoms. The van der Waals surface area contributed by atoms with Crippen molar-refractivity contribution in [3.05, 3.63) is 29.8 Å². The minimum Gasteiger partial charge on any atom is -0.332 e. The number of halogens is 1. The van der Waals surface area contributed by atoms with E-state index in [0.29, 0.717) is 13.1 Å². The second-order valence-electron chi connectivity index (χ2n) is 6.25. The van der Waals surface area contributed by atoms with Crippen LogP contribution in [0.3, 0.4) is 0 Å². The van der Waals surface area contributed by atoms with Gasteiger partial charge in [-0.3, -0.25) is 9.59 Å². The quantitative estimate of drug-likeness (QED) is 0.717. The van der Waals surface area contributed by atoms with Gasteiger partial charge in [-0.15, -0.1) is 12.4 Å². The minimum absolute atomic E-state index is 0. The maximum absolute atomic E-state index is 12.3. The first-order chi connectivity index (χ1) is 11.1. The summed E-state index contributed by atoms with van der Waals surface area (Å²) in [5, 5.41) is 6.08. The minimum atomic E-state index is -0.150. The molecule has 0 spiro atoms. The molecule has 2 N–H and O–H groups in total. The van der Waals surface area contributed by atoms with Gasteiger partial charge in [0.25, 0.3) is 0 Å². The van der Waals surface area contributed by atoms with Gasteiger partial charge in [0.1, 0.15) is 0 Å². The molecular formula is C18H28ClN3O2. The van der Waals surface area contributed by atoms with E-state index in [1.54, 1.807) is 4.90 Å². The number of nitrogens with zero attached hydrogens (tertiary/aromatic N) is 1. The number of aryl methyl sites for hydroxylation is 1. The number of hydrogen-bond acceptors (Lipinski definition) is 3. The zero-order valence-corrected chi connectivity index (χ0v) is 15.3. The molecule has 0 atom stereocenters. The number of para-hydroxylation sites is 1. The van der Waals surface area contributed by atoms with Crippen LogP contribution in [-0.4, -0.2) is 42.9 Å². The summed E-state index contributed by atoms with van der Waals surface area (Å²) < 4.78 is 0. The Morgan fingerprint density at radius 2 is 1.96 bits per heavy atom. The van der Waals surface area contributed by atoms with E-state index in [9.17, 15) is 9.59 Å². The van der Waals surface area contributed by atoms with Gasteiger partial charge in [0, 0.05) is 12.2 Å². The van der Waals surface area contributed by atoms with E-state index in [1.165, 1.54) is 12.8 Å². The first-order valence-electron chi connectivity index (χ1n) is 8.44. The van der Waals surface area contributed by atoms with Crippen LogP contribution < -0.4 is 10.6 Å². The van der Waals surface area contributed by atoms with Crippen LogP contribution in [-0.2, 0) is 9.59 Å². The number of rotatable bonds is 9. The van der Waals surface area contributed by atoms with Gasteiger partial charge in [-0.05, 0) is 50.3 Å². The Kier molecular flexibility index (Phi) is 8.79. The molecule has 134 valence electrons. The number of amides is 2. The van der Waals surface area contributed by atoms with Crippen molar-refractivity contribution in [3.63, 3.8) is 0 Å². The summed E-state index contributed by atoms with van der Waals surface area (Å²) in [7, 11) is 0. The highest BCUT2D eigenvalue weighted by Gasteiger charge is 2.22. The first kappa shape index (κ1) is 20.5. The number of carbonyl (C=O) groups excluding carboxylic acids is 2. The summed E-state index contributed by atoms with van der Waals surface area (Å²) in [5.41, 5.74) is 1.81. The van der Waals surface area contributed by atoms with Gasteiger partial charge in [-0.2, -0.15) is 0 Å². The molecule has 0 heterocycles. The molecule has 5 nitrogen and oxygen atoms in total. The number of hydrogen-bond donors (Lipinski definition) is 2. The molecule has 1 fully saturated rings. The highest BCUT2D eigenvalue weighted by Crippen LogP contribution is 2.27. The van der Waals surface area contributed by atoms with Crippen molar-refractivity contribution in [2.75, 3.05) is 31.5 Å². The van der Waals surface area contributed by atoms with Crippen molar-refractivity contribution in [1.29, 1.82) is 0 Å². The summed E-state index contributed by atoms with van der Waals surface area (Å²) in [6, 6.07) is 7.64. The van der Waals surface area contributed by atoms with E-state index >= 15 is 0 Å². The maximum atomic E-state index is 12.3. The molecule has 1 aromatic carbocycles. The van der Waals surface area contributed by atoms with Gasteiger partial charge in [-0.25, -0.2) is 0 Å². The fourth-order valence-corrected chi connectivity index (χ4v) is 2.46. The zero-order chi connectivity index (χ0) is 16.7. The Morgan fingerprint density at radius 3 is 2.58 bits per heavy atom. The van der Waals surface area contributed by atoms with E-state index in [1.807, 2.05) is 38.1 Å². The summed E-state index contributed by atoms with van der Waals surface area (Å²) in [4.78, 5) is 26.1. The molecule has 1 aliphatic rings. The van der Waals surface area contributed by atoms with Crippen molar-refractivity contribution < 1.29 is 9.59 Å². The fraction of sp³-hybridized carbons (Fsp3) is 0.556. The lowest BCUT2D eigenvalue weighted by molar-refractivity contribution is -0.133. The van der Waals surface area contributed by atoms with Crippen molar-refractivity contribution >= 4 is 29.9 Å². The van der Waals surface area contributed by atoms with Crippen LogP contribution in [0.5, 0.6) is 0 Å². The highest BCUT2D eigenvalue weighted by atomic mass is 35.5. The number of carbonyl (C=O) groups is 2. The molecule has 1 aliphatic carbocycles. The normalized spacial score (nSPS) is 13.1. The van der Waals surface area contributed by atoms with Crippen LogP contribution >= 0.6 is 12.4 Å². The Hall–Kier alpha value is -1.59. The number of anilines is 1. The monoisotopic (exact) mass is 353 g/mol. The van der Waals surface area contributed by atoms with Crippen molar-refractivity contribution in [3.8, 4) is 0 Å². The number of benzene rings is 1. The Bertz CT molecular complexity index is 547. The second kappa shape index (κ2) is 10.3. The topological polar surface area (TPSA) is 61.4 Å². The SMILES string of the molecule is CCCN(CC(=O)Nc1ccccc1C)C(=O)CNCC1CC1.Cl. The summed E-state index contributed by atoms with van der Waals surface area (Å²) >= 11 is 0. The Balaban J connectivity index is 0.00000288. The van der Waals surface area contributed by atoms with Crippen molar-refractivity contribution in [2.45, 2.75) is 33.1 Å². The third kappa shape index (κ3) is 6.89. The van der Waals surface area contributed by atoms with Crippen molar-refractivity contribution in [1.82, 2.24) is 10.2 Å². The maximum Gasteiger partial charge on any atom is 0.244 e. The molecule has 2 amide bonds. The lowest BCUT2D eigenvalue weighted by atomic mass is 10.2. The van der Waals surface area contributed by atoms with Gasteiger partial charge in [-0.1, -0.05) is 25.1 Å². The molecule has 24 heavy (non-hydrogen) atoms. The zero-order valence-electron chi connectivity index (χ0n) is 14.5. The standard InChI is InChI=1S/C18H27N3O2.ClH/c1-3-10-21(18(23)12-19-11-15-8-9-15)13-17(22)20-16-7-5-4-6-14(16)2;/h4-7,15,19H,3,8-13H2,1-2H3,(H,20,22);1H. The molecule has 1 saturated carbocycles. The predicted molar refractivity (Wildman–Crippen MR) is 99.5 cm³/mol. The third-order valence-electron chi connectivity index (χ3n) is 4.01. The second-order valence-corrected chi connectivity index (χ2v) is 6.25. The van der Waals surface area contributed by atoms with Crippen molar-refractivity contribution in [2.24, 2.45) is 5.92 Å². The van der Waals surface area contributed by atoms with E-state index in [4.69, 9.17) is 0 Å². The largest absolute Gasteiger partial charge is 0.332 e. The molecule has 0 saturated heterocycles. The lowest BCUT2D eigenvalue weighted by Gasteiger charge is -2.22. The smallest absolute Gasteiger partial charge is 0.244 e. The molecule has 0 radical (unpaired) electrons. The average Bonchev–Trinajstić information content (AvgIpc) is 3.33.